The Morgan fingerprint density at radius 1 is 1.29 bits per heavy atom. The standard InChI is InChI=1S/C23H29N3O4S/c1-4-29-19-7-5-8-20-21(19)24-23(31-20)26(10-6-9-25-11-13-28-14-12-25)22(27)18-15-16(2)30-17(18)3/h5,7-8,15H,4,6,9-14H2,1-3H3. The molecule has 1 aromatic carbocycles. The molecule has 0 bridgehead atoms. The molecule has 1 amide bonds. The van der Waals surface area contributed by atoms with Gasteiger partial charge in [-0.15, -0.1) is 0 Å². The molecule has 1 fully saturated rings. The van der Waals surface area contributed by atoms with E-state index in [1.807, 2.05) is 45.0 Å². The van der Waals surface area contributed by atoms with E-state index in [0.29, 0.717) is 29.6 Å². The summed E-state index contributed by atoms with van der Waals surface area (Å²) in [5, 5.41) is 0.687. The number of rotatable bonds is 8. The molecule has 0 saturated carbocycles. The van der Waals surface area contributed by atoms with E-state index in [0.717, 1.165) is 61.0 Å². The fourth-order valence-electron chi connectivity index (χ4n) is 3.85. The van der Waals surface area contributed by atoms with Crippen LogP contribution in [-0.4, -0.2) is 61.8 Å². The summed E-state index contributed by atoms with van der Waals surface area (Å²) in [6.45, 7) is 11.1. The van der Waals surface area contributed by atoms with Gasteiger partial charge in [-0.1, -0.05) is 17.4 Å². The molecule has 3 heterocycles. The zero-order valence-corrected chi connectivity index (χ0v) is 19.2. The largest absolute Gasteiger partial charge is 0.492 e. The zero-order valence-electron chi connectivity index (χ0n) is 18.3. The minimum Gasteiger partial charge on any atom is -0.492 e. The van der Waals surface area contributed by atoms with Gasteiger partial charge in [0.05, 0.1) is 30.1 Å². The van der Waals surface area contributed by atoms with Crippen LogP contribution in [0.2, 0.25) is 0 Å². The van der Waals surface area contributed by atoms with Crippen molar-refractivity contribution >= 4 is 32.6 Å². The third-order valence-corrected chi connectivity index (χ3v) is 6.42. The van der Waals surface area contributed by atoms with Crippen molar-refractivity contribution in [2.75, 3.05) is 50.9 Å². The number of hydrogen-bond acceptors (Lipinski definition) is 7. The normalized spacial score (nSPS) is 14.8. The third kappa shape index (κ3) is 4.92. The third-order valence-electron chi connectivity index (χ3n) is 5.38. The van der Waals surface area contributed by atoms with Crippen molar-refractivity contribution in [3.63, 3.8) is 0 Å². The molecule has 0 atom stereocenters. The molecule has 7 nitrogen and oxygen atoms in total. The SMILES string of the molecule is CCOc1cccc2sc(N(CCCN3CCOCC3)C(=O)c3cc(C)oc3C)nc12. The van der Waals surface area contributed by atoms with Crippen LogP contribution in [0.25, 0.3) is 10.2 Å². The number of furan rings is 1. The maximum Gasteiger partial charge on any atom is 0.263 e. The van der Waals surface area contributed by atoms with Gasteiger partial charge in [-0.3, -0.25) is 14.6 Å². The minimum atomic E-state index is -0.0756. The van der Waals surface area contributed by atoms with E-state index < -0.39 is 0 Å². The van der Waals surface area contributed by atoms with Crippen molar-refractivity contribution in [2.24, 2.45) is 0 Å². The number of amides is 1. The van der Waals surface area contributed by atoms with E-state index in [9.17, 15) is 4.79 Å². The van der Waals surface area contributed by atoms with Crippen molar-refractivity contribution < 1.29 is 18.7 Å². The van der Waals surface area contributed by atoms with E-state index in [-0.39, 0.29) is 5.91 Å². The summed E-state index contributed by atoms with van der Waals surface area (Å²) in [4.78, 5) is 22.5. The van der Waals surface area contributed by atoms with Gasteiger partial charge in [0.1, 0.15) is 22.8 Å². The maximum absolute atomic E-state index is 13.5. The highest BCUT2D eigenvalue weighted by molar-refractivity contribution is 7.22. The Balaban J connectivity index is 1.61. The quantitative estimate of drug-likeness (QED) is 0.518. The van der Waals surface area contributed by atoms with Crippen LogP contribution in [0.4, 0.5) is 5.13 Å². The number of anilines is 1. The Morgan fingerprint density at radius 2 is 2.10 bits per heavy atom. The van der Waals surface area contributed by atoms with Crippen molar-refractivity contribution in [1.82, 2.24) is 9.88 Å². The number of aromatic nitrogens is 1. The summed E-state index contributed by atoms with van der Waals surface area (Å²) in [7, 11) is 0. The van der Waals surface area contributed by atoms with E-state index in [1.54, 1.807) is 4.90 Å². The number of benzene rings is 1. The Kier molecular flexibility index (Phi) is 6.89. The van der Waals surface area contributed by atoms with Gasteiger partial charge >= 0.3 is 0 Å². The second-order valence-electron chi connectivity index (χ2n) is 7.62. The van der Waals surface area contributed by atoms with Gasteiger partial charge in [-0.25, -0.2) is 4.98 Å². The lowest BCUT2D eigenvalue weighted by Crippen LogP contribution is -2.39. The summed E-state index contributed by atoms with van der Waals surface area (Å²) in [6, 6.07) is 7.71. The van der Waals surface area contributed by atoms with Gasteiger partial charge in [0.2, 0.25) is 0 Å². The first-order chi connectivity index (χ1) is 15.1. The Bertz CT molecular complexity index is 1040. The molecule has 1 saturated heterocycles. The second kappa shape index (κ2) is 9.80. The van der Waals surface area contributed by atoms with E-state index in [2.05, 4.69) is 4.90 Å². The van der Waals surface area contributed by atoms with Crippen LogP contribution < -0.4 is 9.64 Å². The van der Waals surface area contributed by atoms with Gasteiger partial charge in [0.25, 0.3) is 5.91 Å². The molecular weight excluding hydrogens is 414 g/mol. The Labute approximate surface area is 186 Å². The summed E-state index contributed by atoms with van der Waals surface area (Å²) < 4.78 is 17.8. The summed E-state index contributed by atoms with van der Waals surface area (Å²) in [5.74, 6) is 2.04. The molecule has 1 aliphatic heterocycles. The molecule has 1 aliphatic rings. The van der Waals surface area contributed by atoms with Crippen molar-refractivity contribution in [1.29, 1.82) is 0 Å². The van der Waals surface area contributed by atoms with Crippen LogP contribution in [-0.2, 0) is 4.74 Å². The van der Waals surface area contributed by atoms with Crippen molar-refractivity contribution in [3.8, 4) is 5.75 Å². The fraction of sp³-hybridized carbons (Fsp3) is 0.478. The van der Waals surface area contributed by atoms with Crippen LogP contribution in [0, 0.1) is 13.8 Å². The number of para-hydroxylation sites is 1. The summed E-state index contributed by atoms with van der Waals surface area (Å²) in [6.07, 6.45) is 0.857. The summed E-state index contributed by atoms with van der Waals surface area (Å²) >= 11 is 1.52. The fourth-order valence-corrected chi connectivity index (χ4v) is 4.86. The molecule has 4 rings (SSSR count). The maximum atomic E-state index is 13.5. The van der Waals surface area contributed by atoms with Gasteiger partial charge < -0.3 is 13.9 Å². The topological polar surface area (TPSA) is 68.0 Å². The average molecular weight is 444 g/mol. The first kappa shape index (κ1) is 21.8. The molecule has 0 radical (unpaired) electrons. The van der Waals surface area contributed by atoms with Crippen LogP contribution >= 0.6 is 11.3 Å². The Hall–Kier alpha value is -2.42. The number of fused-ring (bicyclic) bond motifs is 1. The molecule has 31 heavy (non-hydrogen) atoms. The zero-order chi connectivity index (χ0) is 21.8. The smallest absolute Gasteiger partial charge is 0.263 e. The van der Waals surface area contributed by atoms with Crippen LogP contribution in [0.3, 0.4) is 0 Å². The lowest BCUT2D eigenvalue weighted by atomic mass is 10.2. The molecule has 2 aromatic heterocycles. The molecule has 0 spiro atoms. The number of ether oxygens (including phenoxy) is 2. The summed E-state index contributed by atoms with van der Waals surface area (Å²) in [5.41, 5.74) is 1.39. The van der Waals surface area contributed by atoms with E-state index >= 15 is 0 Å². The van der Waals surface area contributed by atoms with Crippen LogP contribution in [0.5, 0.6) is 5.75 Å². The molecule has 3 aromatic rings. The van der Waals surface area contributed by atoms with Gasteiger partial charge in [-0.05, 0) is 45.4 Å². The molecule has 0 N–H and O–H groups in total. The van der Waals surface area contributed by atoms with Gasteiger partial charge in [0, 0.05) is 26.2 Å². The molecule has 8 heteroatoms. The molecule has 0 aliphatic carbocycles. The highest BCUT2D eigenvalue weighted by Crippen LogP contribution is 2.35. The number of morpholine rings is 1. The minimum absolute atomic E-state index is 0.0756. The van der Waals surface area contributed by atoms with Crippen LogP contribution in [0.15, 0.2) is 28.7 Å². The van der Waals surface area contributed by atoms with E-state index in [4.69, 9.17) is 18.9 Å². The highest BCUT2D eigenvalue weighted by Gasteiger charge is 2.25. The first-order valence-corrected chi connectivity index (χ1v) is 11.6. The number of carbonyl (C=O) groups is 1. The van der Waals surface area contributed by atoms with Gasteiger partial charge in [-0.2, -0.15) is 0 Å². The van der Waals surface area contributed by atoms with Gasteiger partial charge in [0.15, 0.2) is 5.13 Å². The lowest BCUT2D eigenvalue weighted by molar-refractivity contribution is 0.0376. The second-order valence-corrected chi connectivity index (χ2v) is 8.63. The number of aryl methyl sites for hydroxylation is 2. The Morgan fingerprint density at radius 3 is 2.81 bits per heavy atom. The lowest BCUT2D eigenvalue weighted by Gasteiger charge is -2.27. The van der Waals surface area contributed by atoms with Crippen LogP contribution in [0.1, 0.15) is 35.2 Å². The molecule has 166 valence electrons. The van der Waals surface area contributed by atoms with Crippen molar-refractivity contribution in [2.45, 2.75) is 27.2 Å². The number of thiazole rings is 1. The molecule has 0 unspecified atom stereocenters. The number of hydrogen-bond donors (Lipinski definition) is 0. The number of nitrogens with zero attached hydrogens (tertiary/aromatic N) is 3. The average Bonchev–Trinajstić information content (AvgIpc) is 3.35. The van der Waals surface area contributed by atoms with Crippen molar-refractivity contribution in [3.05, 3.63) is 41.3 Å². The predicted molar refractivity (Wildman–Crippen MR) is 123 cm³/mol. The predicted octanol–water partition coefficient (Wildman–Crippen LogP) is 4.27. The van der Waals surface area contributed by atoms with E-state index in [1.165, 1.54) is 11.3 Å². The number of carbonyl (C=O) groups excluding carboxylic acids is 1. The highest BCUT2D eigenvalue weighted by atomic mass is 32.1. The first-order valence-electron chi connectivity index (χ1n) is 10.8. The molecular formula is C23H29N3O4S. The monoisotopic (exact) mass is 443 g/mol.